The van der Waals surface area contributed by atoms with Gasteiger partial charge in [0.25, 0.3) is 0 Å². The van der Waals surface area contributed by atoms with Crippen LogP contribution in [0.15, 0.2) is 29.2 Å². The van der Waals surface area contributed by atoms with Gasteiger partial charge in [-0.15, -0.1) is 0 Å². The molecule has 1 N–H and O–H groups in total. The highest BCUT2D eigenvalue weighted by Gasteiger charge is 2.31. The van der Waals surface area contributed by atoms with E-state index in [1.165, 1.54) is 0 Å². The first-order chi connectivity index (χ1) is 10.5. The minimum Gasteiger partial charge on any atom is -0.374 e. The van der Waals surface area contributed by atoms with Crippen LogP contribution >= 0.6 is 0 Å². The fourth-order valence-electron chi connectivity index (χ4n) is 3.31. The van der Waals surface area contributed by atoms with Crippen molar-refractivity contribution in [3.63, 3.8) is 0 Å². The molecule has 0 bridgehead atoms. The zero-order chi connectivity index (χ0) is 15.7. The molecule has 1 aliphatic heterocycles. The predicted molar refractivity (Wildman–Crippen MR) is 85.5 cm³/mol. The lowest BCUT2D eigenvalue weighted by atomic mass is 10.2. The van der Waals surface area contributed by atoms with E-state index in [-0.39, 0.29) is 17.2 Å². The first-order valence-corrected chi connectivity index (χ1v) is 9.38. The van der Waals surface area contributed by atoms with Crippen LogP contribution in [0.25, 0.3) is 0 Å². The number of anilines is 1. The maximum absolute atomic E-state index is 12.6. The van der Waals surface area contributed by atoms with Crippen LogP contribution in [0.3, 0.4) is 0 Å². The Morgan fingerprint density at radius 3 is 2.55 bits per heavy atom. The van der Waals surface area contributed by atoms with E-state index in [4.69, 9.17) is 0 Å². The van der Waals surface area contributed by atoms with Gasteiger partial charge in [0.05, 0.1) is 10.1 Å². The summed E-state index contributed by atoms with van der Waals surface area (Å²) >= 11 is 0. The van der Waals surface area contributed by atoms with Gasteiger partial charge in [-0.25, -0.2) is 8.42 Å². The summed E-state index contributed by atoms with van der Waals surface area (Å²) in [5.74, 6) is 0.0593. The number of sulfone groups is 1. The quantitative estimate of drug-likeness (QED) is 0.921. The van der Waals surface area contributed by atoms with E-state index in [2.05, 4.69) is 5.32 Å². The molecule has 1 atom stereocenters. The number of carbonyl (C=O) groups excluding carboxylic acids is 1. The molecule has 3 rings (SSSR count). The highest BCUT2D eigenvalue weighted by atomic mass is 32.2. The molecule has 1 heterocycles. The van der Waals surface area contributed by atoms with Crippen molar-refractivity contribution in [1.29, 1.82) is 0 Å². The number of rotatable bonds is 4. The van der Waals surface area contributed by atoms with Gasteiger partial charge in [-0.3, -0.25) is 4.79 Å². The second kappa shape index (κ2) is 5.91. The van der Waals surface area contributed by atoms with Crippen molar-refractivity contribution in [2.45, 2.75) is 48.3 Å². The third-order valence-corrected chi connectivity index (χ3v) is 6.93. The van der Waals surface area contributed by atoms with E-state index in [1.54, 1.807) is 30.1 Å². The second-order valence-electron chi connectivity index (χ2n) is 6.22. The van der Waals surface area contributed by atoms with Crippen LogP contribution < -0.4 is 5.32 Å². The van der Waals surface area contributed by atoms with Gasteiger partial charge >= 0.3 is 0 Å². The molecule has 1 aliphatic carbocycles. The van der Waals surface area contributed by atoms with Crippen LogP contribution in [-0.2, 0) is 14.6 Å². The number of likely N-dealkylation sites (N-methyl/N-ethyl adjacent to an activating group) is 1. The molecule has 0 aromatic heterocycles. The number of amides is 1. The Balaban J connectivity index is 1.79. The van der Waals surface area contributed by atoms with Crippen molar-refractivity contribution in [2.75, 3.05) is 18.9 Å². The molecule has 6 heteroatoms. The molecular formula is C16H22N2O3S. The topological polar surface area (TPSA) is 66.5 Å². The standard InChI is InChI=1S/C16H22N2O3S/c1-18-10-9-15(16(18)19)17-12-5-4-8-14(11-12)22(20,21)13-6-2-3-7-13/h4-5,8,11,13,15,17H,2-3,6-7,9-10H2,1H3. The molecule has 22 heavy (non-hydrogen) atoms. The molecule has 2 aliphatic rings. The monoisotopic (exact) mass is 322 g/mol. The van der Waals surface area contributed by atoms with Crippen molar-refractivity contribution in [1.82, 2.24) is 4.90 Å². The van der Waals surface area contributed by atoms with E-state index in [0.29, 0.717) is 10.6 Å². The maximum Gasteiger partial charge on any atom is 0.244 e. The Labute approximate surface area is 131 Å². The van der Waals surface area contributed by atoms with Crippen molar-refractivity contribution in [2.24, 2.45) is 0 Å². The smallest absolute Gasteiger partial charge is 0.244 e. The predicted octanol–water partition coefficient (Wildman–Crippen LogP) is 2.05. The van der Waals surface area contributed by atoms with Gasteiger partial charge in [0.2, 0.25) is 5.91 Å². The van der Waals surface area contributed by atoms with Gasteiger partial charge in [-0.2, -0.15) is 0 Å². The Bertz CT molecular complexity index is 666. The third-order valence-electron chi connectivity index (χ3n) is 4.67. The lowest BCUT2D eigenvalue weighted by molar-refractivity contribution is -0.127. The molecule has 2 fully saturated rings. The Morgan fingerprint density at radius 2 is 1.91 bits per heavy atom. The van der Waals surface area contributed by atoms with Crippen LogP contribution in [0.1, 0.15) is 32.1 Å². The van der Waals surface area contributed by atoms with E-state index in [0.717, 1.165) is 38.6 Å². The second-order valence-corrected chi connectivity index (χ2v) is 8.45. The molecular weight excluding hydrogens is 300 g/mol. The first kappa shape index (κ1) is 15.3. The summed E-state index contributed by atoms with van der Waals surface area (Å²) in [7, 11) is -1.47. The summed E-state index contributed by atoms with van der Waals surface area (Å²) in [5.41, 5.74) is 0.702. The lowest BCUT2D eigenvalue weighted by Crippen LogP contribution is -2.31. The summed E-state index contributed by atoms with van der Waals surface area (Å²) < 4.78 is 25.3. The van der Waals surface area contributed by atoms with Crippen LogP contribution in [0, 0.1) is 0 Å². The van der Waals surface area contributed by atoms with Gasteiger partial charge in [0.15, 0.2) is 9.84 Å². The summed E-state index contributed by atoms with van der Waals surface area (Å²) in [5, 5.41) is 2.92. The Kier molecular flexibility index (Phi) is 4.12. The minimum atomic E-state index is -3.25. The molecule has 5 nitrogen and oxygen atoms in total. The molecule has 0 spiro atoms. The molecule has 1 amide bonds. The molecule has 1 unspecified atom stereocenters. The van der Waals surface area contributed by atoms with Crippen LogP contribution in [0.4, 0.5) is 5.69 Å². The van der Waals surface area contributed by atoms with Gasteiger partial charge < -0.3 is 10.2 Å². The normalized spacial score (nSPS) is 23.2. The number of hydrogen-bond donors (Lipinski definition) is 1. The van der Waals surface area contributed by atoms with Crippen LogP contribution in [0.2, 0.25) is 0 Å². The van der Waals surface area contributed by atoms with Gasteiger partial charge in [0.1, 0.15) is 6.04 Å². The average Bonchev–Trinajstić information content (AvgIpc) is 3.14. The molecule has 1 saturated carbocycles. The lowest BCUT2D eigenvalue weighted by Gasteiger charge is -2.16. The van der Waals surface area contributed by atoms with Gasteiger partial charge in [0, 0.05) is 19.3 Å². The number of hydrogen-bond acceptors (Lipinski definition) is 4. The maximum atomic E-state index is 12.6. The van der Waals surface area contributed by atoms with Crippen LogP contribution in [-0.4, -0.2) is 44.1 Å². The number of nitrogens with zero attached hydrogens (tertiary/aromatic N) is 1. The number of nitrogens with one attached hydrogen (secondary N) is 1. The van der Waals surface area contributed by atoms with E-state index >= 15 is 0 Å². The number of benzene rings is 1. The van der Waals surface area contributed by atoms with E-state index < -0.39 is 9.84 Å². The summed E-state index contributed by atoms with van der Waals surface area (Å²) in [4.78, 5) is 14.0. The Hall–Kier alpha value is -1.56. The van der Waals surface area contributed by atoms with Crippen molar-refractivity contribution in [3.8, 4) is 0 Å². The third kappa shape index (κ3) is 2.84. The molecule has 0 radical (unpaired) electrons. The highest BCUT2D eigenvalue weighted by molar-refractivity contribution is 7.92. The van der Waals surface area contributed by atoms with Gasteiger partial charge in [-0.05, 0) is 37.5 Å². The van der Waals surface area contributed by atoms with E-state index in [9.17, 15) is 13.2 Å². The number of likely N-dealkylation sites (tertiary alicyclic amines) is 1. The first-order valence-electron chi connectivity index (χ1n) is 7.84. The summed E-state index contributed by atoms with van der Waals surface area (Å²) in [6.07, 6.45) is 4.24. The average molecular weight is 322 g/mol. The van der Waals surface area contributed by atoms with Gasteiger partial charge in [-0.1, -0.05) is 18.9 Å². The Morgan fingerprint density at radius 1 is 1.18 bits per heavy atom. The zero-order valence-electron chi connectivity index (χ0n) is 12.8. The molecule has 1 saturated heterocycles. The SMILES string of the molecule is CN1CCC(Nc2cccc(S(=O)(=O)C3CCCC3)c2)C1=O. The number of carbonyl (C=O) groups is 1. The van der Waals surface area contributed by atoms with Crippen molar-refractivity contribution < 1.29 is 13.2 Å². The largest absolute Gasteiger partial charge is 0.374 e. The molecule has 120 valence electrons. The molecule has 1 aromatic carbocycles. The minimum absolute atomic E-state index is 0.0593. The van der Waals surface area contributed by atoms with E-state index in [1.807, 2.05) is 6.07 Å². The molecule has 1 aromatic rings. The fraction of sp³-hybridized carbons (Fsp3) is 0.562. The summed E-state index contributed by atoms with van der Waals surface area (Å²) in [6, 6.07) is 6.63. The van der Waals surface area contributed by atoms with Crippen LogP contribution in [0.5, 0.6) is 0 Å². The van der Waals surface area contributed by atoms with Crippen molar-refractivity contribution in [3.05, 3.63) is 24.3 Å². The summed E-state index contributed by atoms with van der Waals surface area (Å²) in [6.45, 7) is 0.733. The zero-order valence-corrected chi connectivity index (χ0v) is 13.6. The fourth-order valence-corrected chi connectivity index (χ4v) is 5.21. The highest BCUT2D eigenvalue weighted by Crippen LogP contribution is 2.30. The van der Waals surface area contributed by atoms with Crippen molar-refractivity contribution >= 4 is 21.4 Å².